The van der Waals surface area contributed by atoms with Crippen molar-refractivity contribution < 1.29 is 18.4 Å². The van der Waals surface area contributed by atoms with Gasteiger partial charge < -0.3 is 14.5 Å². The average molecular weight is 247 g/mol. The van der Waals surface area contributed by atoms with E-state index in [1.165, 1.54) is 12.4 Å². The van der Waals surface area contributed by atoms with E-state index in [4.69, 9.17) is 9.94 Å². The fraction of sp³-hybridized carbons (Fsp3) is 0.500. The fourth-order valence-corrected chi connectivity index (χ4v) is 1.40. The molecule has 0 fully saturated rings. The predicted octanol–water partition coefficient (Wildman–Crippen LogP) is -0.290. The van der Waals surface area contributed by atoms with Crippen LogP contribution >= 0.6 is 0 Å². The minimum Gasteiger partial charge on any atom is -0.411 e. The third kappa shape index (κ3) is 4.41. The van der Waals surface area contributed by atoms with Gasteiger partial charge in [-0.2, -0.15) is 0 Å². The molecule has 0 atom stereocenters. The van der Waals surface area contributed by atoms with Crippen molar-refractivity contribution in [2.75, 3.05) is 18.6 Å². The van der Waals surface area contributed by atoms with E-state index in [0.717, 1.165) is 6.26 Å². The lowest BCUT2D eigenvalue weighted by Crippen LogP contribution is -2.13. The van der Waals surface area contributed by atoms with Crippen molar-refractivity contribution in [2.45, 2.75) is 6.73 Å². The molecule has 0 aliphatic carbocycles. The molecule has 0 radical (unpaired) electrons. The summed E-state index contributed by atoms with van der Waals surface area (Å²) in [4.78, 5) is 3.89. The molecule has 90 valence electrons. The number of hydrogen-bond acceptors (Lipinski definition) is 6. The molecule has 1 heterocycles. The highest BCUT2D eigenvalue weighted by Gasteiger charge is 2.03. The number of rotatable bonds is 6. The minimum atomic E-state index is -3.00. The Bertz CT molecular complexity index is 452. The Morgan fingerprint density at radius 3 is 3.06 bits per heavy atom. The van der Waals surface area contributed by atoms with E-state index in [2.05, 4.69) is 10.1 Å². The Kier molecular flexibility index (Phi) is 4.44. The maximum Gasteiger partial charge on any atom is 0.156 e. The summed E-state index contributed by atoms with van der Waals surface area (Å²) in [5.41, 5.74) is 0. The second-order valence-electron chi connectivity index (χ2n) is 3.17. The monoisotopic (exact) mass is 247 g/mol. The van der Waals surface area contributed by atoms with Crippen LogP contribution in [0.5, 0.6) is 0 Å². The van der Waals surface area contributed by atoms with Gasteiger partial charge in [-0.3, -0.25) is 0 Å². The summed E-state index contributed by atoms with van der Waals surface area (Å²) >= 11 is 0. The summed E-state index contributed by atoms with van der Waals surface area (Å²) in [5.74, 6) is 0.410. The van der Waals surface area contributed by atoms with Crippen molar-refractivity contribution in [1.29, 1.82) is 0 Å². The Morgan fingerprint density at radius 2 is 2.44 bits per heavy atom. The van der Waals surface area contributed by atoms with E-state index in [1.54, 1.807) is 10.8 Å². The highest BCUT2D eigenvalue weighted by molar-refractivity contribution is 7.90. The molecule has 8 heteroatoms. The zero-order chi connectivity index (χ0) is 12.0. The maximum absolute atomic E-state index is 10.8. The van der Waals surface area contributed by atoms with Crippen molar-refractivity contribution >= 4 is 16.1 Å². The third-order valence-electron chi connectivity index (χ3n) is 1.75. The summed E-state index contributed by atoms with van der Waals surface area (Å²) in [6, 6.07) is 0. The number of nitrogens with zero attached hydrogens (tertiary/aromatic N) is 3. The van der Waals surface area contributed by atoms with Gasteiger partial charge in [-0.15, -0.1) is 0 Å². The van der Waals surface area contributed by atoms with Crippen molar-refractivity contribution in [2.24, 2.45) is 5.16 Å². The molecule has 0 bridgehead atoms. The van der Waals surface area contributed by atoms with Gasteiger partial charge in [0.2, 0.25) is 0 Å². The lowest BCUT2D eigenvalue weighted by molar-refractivity contribution is 0.0888. The van der Waals surface area contributed by atoms with Gasteiger partial charge in [0, 0.05) is 18.6 Å². The Balaban J connectivity index is 2.40. The van der Waals surface area contributed by atoms with Gasteiger partial charge in [0.15, 0.2) is 5.82 Å². The summed E-state index contributed by atoms with van der Waals surface area (Å²) < 4.78 is 28.3. The van der Waals surface area contributed by atoms with Crippen LogP contribution in [0.3, 0.4) is 0 Å². The third-order valence-corrected chi connectivity index (χ3v) is 2.66. The van der Waals surface area contributed by atoms with E-state index < -0.39 is 9.84 Å². The summed E-state index contributed by atoms with van der Waals surface area (Å²) in [5, 5.41) is 11.2. The highest BCUT2D eigenvalue weighted by Crippen LogP contribution is 1.95. The molecule has 1 rings (SSSR count). The van der Waals surface area contributed by atoms with Crippen LogP contribution in [0, 0.1) is 0 Å². The van der Waals surface area contributed by atoms with Crippen LogP contribution in [0.1, 0.15) is 5.82 Å². The molecule has 0 spiro atoms. The molecule has 0 saturated carbocycles. The van der Waals surface area contributed by atoms with Gasteiger partial charge in [-0.1, -0.05) is 5.16 Å². The van der Waals surface area contributed by atoms with E-state index in [1.807, 2.05) is 0 Å². The summed E-state index contributed by atoms with van der Waals surface area (Å²) in [7, 11) is -3.00. The standard InChI is InChI=1S/C8H13N3O4S/c1-16(13,14)5-4-15-7-11-3-2-9-8(11)6-10-12/h2-3,6,12H,4-5,7H2,1H3/b10-6+. The number of aromatic nitrogens is 2. The topological polar surface area (TPSA) is 93.8 Å². The Labute approximate surface area is 93.3 Å². The van der Waals surface area contributed by atoms with Crippen molar-refractivity contribution in [3.05, 3.63) is 18.2 Å². The minimum absolute atomic E-state index is 0.0227. The molecular formula is C8H13N3O4S. The van der Waals surface area contributed by atoms with E-state index in [-0.39, 0.29) is 19.1 Å². The number of ether oxygens (including phenoxy) is 1. The van der Waals surface area contributed by atoms with Crippen LogP contribution in [0.2, 0.25) is 0 Å². The molecule has 0 saturated heterocycles. The lowest BCUT2D eigenvalue weighted by Gasteiger charge is -2.05. The van der Waals surface area contributed by atoms with Crippen molar-refractivity contribution in [1.82, 2.24) is 9.55 Å². The van der Waals surface area contributed by atoms with Crippen LogP contribution in [-0.4, -0.2) is 48.0 Å². The van der Waals surface area contributed by atoms with Crippen LogP contribution < -0.4 is 0 Å². The molecule has 7 nitrogen and oxygen atoms in total. The number of imidazole rings is 1. The van der Waals surface area contributed by atoms with Gasteiger partial charge in [0.1, 0.15) is 22.8 Å². The zero-order valence-corrected chi connectivity index (χ0v) is 9.59. The smallest absolute Gasteiger partial charge is 0.156 e. The molecular weight excluding hydrogens is 234 g/mol. The van der Waals surface area contributed by atoms with Gasteiger partial charge in [-0.25, -0.2) is 13.4 Å². The average Bonchev–Trinajstić information content (AvgIpc) is 2.60. The van der Waals surface area contributed by atoms with Gasteiger partial charge in [-0.05, 0) is 0 Å². The number of oxime groups is 1. The first-order valence-electron chi connectivity index (χ1n) is 4.47. The van der Waals surface area contributed by atoms with Gasteiger partial charge in [0.05, 0.1) is 12.4 Å². The second-order valence-corrected chi connectivity index (χ2v) is 5.43. The van der Waals surface area contributed by atoms with Crippen molar-refractivity contribution in [3.63, 3.8) is 0 Å². The number of sulfone groups is 1. The SMILES string of the molecule is CS(=O)(=O)CCOCn1ccnc1/C=N/O. The fourth-order valence-electron chi connectivity index (χ4n) is 0.982. The second kappa shape index (κ2) is 5.61. The largest absolute Gasteiger partial charge is 0.411 e. The molecule has 1 N–H and O–H groups in total. The maximum atomic E-state index is 10.8. The molecule has 1 aromatic heterocycles. The van der Waals surface area contributed by atoms with E-state index in [0.29, 0.717) is 5.82 Å². The molecule has 16 heavy (non-hydrogen) atoms. The van der Waals surface area contributed by atoms with Gasteiger partial charge >= 0.3 is 0 Å². The first-order chi connectivity index (χ1) is 7.53. The molecule has 0 aliphatic rings. The molecule has 0 aliphatic heterocycles. The lowest BCUT2D eigenvalue weighted by atomic mass is 10.6. The normalized spacial score (nSPS) is 12.3. The predicted molar refractivity (Wildman–Crippen MR) is 57.3 cm³/mol. The van der Waals surface area contributed by atoms with Crippen LogP contribution in [0.25, 0.3) is 0 Å². The molecule has 0 unspecified atom stereocenters. The molecule has 0 amide bonds. The zero-order valence-electron chi connectivity index (χ0n) is 8.78. The highest BCUT2D eigenvalue weighted by atomic mass is 32.2. The van der Waals surface area contributed by atoms with E-state index in [9.17, 15) is 8.42 Å². The number of hydrogen-bond donors (Lipinski definition) is 1. The van der Waals surface area contributed by atoms with Crippen molar-refractivity contribution in [3.8, 4) is 0 Å². The first-order valence-corrected chi connectivity index (χ1v) is 6.53. The molecule has 1 aromatic rings. The van der Waals surface area contributed by atoms with Gasteiger partial charge in [0.25, 0.3) is 0 Å². The van der Waals surface area contributed by atoms with Crippen LogP contribution in [0.4, 0.5) is 0 Å². The first kappa shape index (κ1) is 12.7. The summed E-state index contributed by atoms with van der Waals surface area (Å²) in [6.45, 7) is 0.281. The molecule has 0 aromatic carbocycles. The van der Waals surface area contributed by atoms with E-state index >= 15 is 0 Å². The Morgan fingerprint density at radius 1 is 1.69 bits per heavy atom. The summed E-state index contributed by atoms with van der Waals surface area (Å²) in [6.07, 6.45) is 5.48. The van der Waals surface area contributed by atoms with Crippen LogP contribution in [-0.2, 0) is 21.3 Å². The quantitative estimate of drug-likeness (QED) is 0.322. The Hall–Kier alpha value is -1.41. The van der Waals surface area contributed by atoms with Crippen LogP contribution in [0.15, 0.2) is 17.5 Å².